The Morgan fingerprint density at radius 1 is 0.977 bits per heavy atom. The van der Waals surface area contributed by atoms with E-state index in [-0.39, 0.29) is 5.91 Å². The number of hydrogen-bond acceptors (Lipinski definition) is 4. The standard InChI is InChI=1S/C34H37F3N4OS/c1-23-29(32(42)40-17-15-25(16-18-40)19-24-9-4-2-5-10-24)21-31(41(23)28-13-6-3-7-14-28)30-22-43-33(39-30)38-27-12-8-11-26(20-27)34(35,36)37/h2,4-5,8-12,20-22,25,28H,3,6-7,13-19H2,1H3,(H,38,39). The Morgan fingerprint density at radius 2 is 1.72 bits per heavy atom. The van der Waals surface area contributed by atoms with E-state index in [0.717, 1.165) is 92.8 Å². The molecule has 43 heavy (non-hydrogen) atoms. The summed E-state index contributed by atoms with van der Waals surface area (Å²) in [5.41, 5.74) is 4.31. The highest BCUT2D eigenvalue weighted by molar-refractivity contribution is 7.14. The molecule has 6 rings (SSSR count). The molecule has 1 saturated carbocycles. The molecule has 1 saturated heterocycles. The number of rotatable bonds is 7. The molecule has 4 aromatic rings. The van der Waals surface area contributed by atoms with Crippen molar-refractivity contribution in [2.24, 2.45) is 5.92 Å². The van der Waals surface area contributed by atoms with E-state index in [1.807, 2.05) is 29.3 Å². The number of benzene rings is 2. The van der Waals surface area contributed by atoms with Gasteiger partial charge in [-0.2, -0.15) is 13.2 Å². The number of nitrogens with one attached hydrogen (secondary N) is 1. The van der Waals surface area contributed by atoms with Gasteiger partial charge in [-0.15, -0.1) is 11.3 Å². The summed E-state index contributed by atoms with van der Waals surface area (Å²) in [5.74, 6) is 0.650. The number of nitrogens with zero attached hydrogens (tertiary/aromatic N) is 3. The van der Waals surface area contributed by atoms with Gasteiger partial charge in [0.2, 0.25) is 0 Å². The lowest BCUT2D eigenvalue weighted by Crippen LogP contribution is -2.39. The predicted molar refractivity (Wildman–Crippen MR) is 166 cm³/mol. The first-order chi connectivity index (χ1) is 20.8. The Kier molecular flexibility index (Phi) is 8.61. The van der Waals surface area contributed by atoms with E-state index >= 15 is 0 Å². The molecule has 0 spiro atoms. The summed E-state index contributed by atoms with van der Waals surface area (Å²) in [6.45, 7) is 3.55. The minimum absolute atomic E-state index is 0.0732. The molecule has 0 unspecified atom stereocenters. The molecule has 3 heterocycles. The van der Waals surface area contributed by atoms with Crippen molar-refractivity contribution in [3.63, 3.8) is 0 Å². The van der Waals surface area contributed by atoms with Gasteiger partial charge in [0.15, 0.2) is 5.13 Å². The van der Waals surface area contributed by atoms with Crippen LogP contribution < -0.4 is 5.32 Å². The second kappa shape index (κ2) is 12.6. The molecule has 1 N–H and O–H groups in total. The summed E-state index contributed by atoms with van der Waals surface area (Å²) in [4.78, 5) is 20.7. The number of alkyl halides is 3. The number of carbonyl (C=O) groups is 1. The van der Waals surface area contributed by atoms with Crippen molar-refractivity contribution in [2.45, 2.75) is 70.5 Å². The molecule has 1 amide bonds. The highest BCUT2D eigenvalue weighted by Crippen LogP contribution is 2.39. The molecule has 2 aliphatic rings. The average molecular weight is 607 g/mol. The Balaban J connectivity index is 1.23. The molecule has 0 radical (unpaired) electrons. The van der Waals surface area contributed by atoms with Crippen molar-refractivity contribution in [1.82, 2.24) is 14.5 Å². The van der Waals surface area contributed by atoms with Gasteiger partial charge in [-0.25, -0.2) is 4.98 Å². The van der Waals surface area contributed by atoms with Crippen LogP contribution in [-0.2, 0) is 12.6 Å². The molecule has 9 heteroatoms. The number of likely N-dealkylation sites (tertiary alicyclic amines) is 1. The first kappa shape index (κ1) is 29.5. The Labute approximate surface area is 254 Å². The van der Waals surface area contributed by atoms with Crippen LogP contribution in [0.25, 0.3) is 11.4 Å². The zero-order valence-electron chi connectivity index (χ0n) is 24.4. The predicted octanol–water partition coefficient (Wildman–Crippen LogP) is 9.28. The van der Waals surface area contributed by atoms with E-state index in [2.05, 4.69) is 34.1 Å². The zero-order chi connectivity index (χ0) is 30.0. The summed E-state index contributed by atoms with van der Waals surface area (Å²) >= 11 is 1.35. The summed E-state index contributed by atoms with van der Waals surface area (Å²) in [6, 6.07) is 18.0. The number of hydrogen-bond donors (Lipinski definition) is 1. The highest BCUT2D eigenvalue weighted by atomic mass is 32.1. The van der Waals surface area contributed by atoms with Crippen LogP contribution in [-0.4, -0.2) is 33.4 Å². The van der Waals surface area contributed by atoms with Crippen molar-refractivity contribution in [3.05, 3.63) is 88.4 Å². The smallest absolute Gasteiger partial charge is 0.340 e. The average Bonchev–Trinajstić information content (AvgIpc) is 3.62. The van der Waals surface area contributed by atoms with E-state index in [9.17, 15) is 18.0 Å². The normalized spacial score (nSPS) is 16.9. The second-order valence-electron chi connectivity index (χ2n) is 11.9. The third-order valence-corrected chi connectivity index (χ3v) is 9.70. The van der Waals surface area contributed by atoms with E-state index in [1.165, 1.54) is 29.4 Å². The maximum atomic E-state index is 13.9. The van der Waals surface area contributed by atoms with Gasteiger partial charge in [0, 0.05) is 35.9 Å². The number of amides is 1. The lowest BCUT2D eigenvalue weighted by Gasteiger charge is -2.32. The fourth-order valence-electron chi connectivity index (χ4n) is 6.65. The maximum absolute atomic E-state index is 13.9. The van der Waals surface area contributed by atoms with Gasteiger partial charge in [0.1, 0.15) is 0 Å². The largest absolute Gasteiger partial charge is 0.416 e. The van der Waals surface area contributed by atoms with Gasteiger partial charge in [0.25, 0.3) is 5.91 Å². The van der Waals surface area contributed by atoms with Gasteiger partial charge < -0.3 is 14.8 Å². The van der Waals surface area contributed by atoms with Gasteiger partial charge in [-0.3, -0.25) is 4.79 Å². The first-order valence-corrected chi connectivity index (χ1v) is 16.1. The quantitative estimate of drug-likeness (QED) is 0.228. The molecule has 0 atom stereocenters. The van der Waals surface area contributed by atoms with Crippen LogP contribution >= 0.6 is 11.3 Å². The highest BCUT2D eigenvalue weighted by Gasteiger charge is 2.31. The first-order valence-electron chi connectivity index (χ1n) is 15.2. The lowest BCUT2D eigenvalue weighted by atomic mass is 9.90. The van der Waals surface area contributed by atoms with Crippen molar-refractivity contribution in [2.75, 3.05) is 18.4 Å². The molecule has 226 valence electrons. The molecule has 2 aromatic heterocycles. The van der Waals surface area contributed by atoms with Crippen LogP contribution in [0.1, 0.15) is 78.2 Å². The summed E-state index contributed by atoms with van der Waals surface area (Å²) in [5, 5.41) is 5.48. The zero-order valence-corrected chi connectivity index (χ0v) is 25.2. The van der Waals surface area contributed by atoms with E-state index in [1.54, 1.807) is 6.07 Å². The Morgan fingerprint density at radius 3 is 2.44 bits per heavy atom. The molecular weight excluding hydrogens is 569 g/mol. The maximum Gasteiger partial charge on any atom is 0.416 e. The van der Waals surface area contributed by atoms with Crippen molar-refractivity contribution in [3.8, 4) is 11.4 Å². The van der Waals surface area contributed by atoms with E-state index in [4.69, 9.17) is 4.98 Å². The third kappa shape index (κ3) is 6.66. The molecule has 2 aromatic carbocycles. The lowest BCUT2D eigenvalue weighted by molar-refractivity contribution is -0.137. The van der Waals surface area contributed by atoms with Crippen LogP contribution in [0, 0.1) is 12.8 Å². The Bertz CT molecular complexity index is 1550. The molecule has 5 nitrogen and oxygen atoms in total. The topological polar surface area (TPSA) is 50.2 Å². The number of thiazole rings is 1. The number of piperidine rings is 1. The number of anilines is 2. The molecule has 0 bridgehead atoms. The molecular formula is C34H37F3N4OS. The van der Waals surface area contributed by atoms with Crippen LogP contribution in [0.4, 0.5) is 24.0 Å². The van der Waals surface area contributed by atoms with Gasteiger partial charge in [-0.05, 0) is 74.8 Å². The van der Waals surface area contributed by atoms with E-state index < -0.39 is 11.7 Å². The van der Waals surface area contributed by atoms with Crippen molar-refractivity contribution in [1.29, 1.82) is 0 Å². The minimum Gasteiger partial charge on any atom is -0.340 e. The van der Waals surface area contributed by atoms with E-state index in [0.29, 0.717) is 22.8 Å². The van der Waals surface area contributed by atoms with Gasteiger partial charge >= 0.3 is 6.18 Å². The fourth-order valence-corrected chi connectivity index (χ4v) is 7.37. The molecule has 1 aliphatic carbocycles. The van der Waals surface area contributed by atoms with Crippen LogP contribution in [0.2, 0.25) is 0 Å². The second-order valence-corrected chi connectivity index (χ2v) is 12.7. The van der Waals surface area contributed by atoms with Crippen LogP contribution in [0.3, 0.4) is 0 Å². The number of aromatic nitrogens is 2. The monoisotopic (exact) mass is 606 g/mol. The van der Waals surface area contributed by atoms with Crippen molar-refractivity contribution < 1.29 is 18.0 Å². The van der Waals surface area contributed by atoms with Crippen molar-refractivity contribution >= 4 is 28.1 Å². The summed E-state index contributed by atoms with van der Waals surface area (Å²) in [7, 11) is 0. The summed E-state index contributed by atoms with van der Waals surface area (Å²) in [6.07, 6.45) is 4.26. The summed E-state index contributed by atoms with van der Waals surface area (Å²) < 4.78 is 42.0. The Hall–Kier alpha value is -3.59. The fraction of sp³-hybridized carbons (Fsp3) is 0.412. The van der Waals surface area contributed by atoms with Crippen LogP contribution in [0.5, 0.6) is 0 Å². The minimum atomic E-state index is -4.41. The number of carbonyl (C=O) groups excluding carboxylic acids is 1. The van der Waals surface area contributed by atoms with Gasteiger partial charge in [0.05, 0.1) is 22.5 Å². The third-order valence-electron chi connectivity index (χ3n) is 8.94. The number of halogens is 3. The van der Waals surface area contributed by atoms with Crippen LogP contribution in [0.15, 0.2) is 66.0 Å². The molecule has 1 aliphatic heterocycles. The van der Waals surface area contributed by atoms with Gasteiger partial charge in [-0.1, -0.05) is 55.7 Å². The SMILES string of the molecule is Cc1c(C(=O)N2CCC(Cc3ccccc3)CC2)cc(-c2csc(Nc3cccc(C(F)(F)F)c3)n2)n1C1CCCCC1. The molecule has 2 fully saturated rings.